The zero-order valence-corrected chi connectivity index (χ0v) is 18.4. The number of rotatable bonds is 5. The fourth-order valence-electron chi connectivity index (χ4n) is 4.32. The second-order valence-corrected chi connectivity index (χ2v) is 11.3. The van der Waals surface area contributed by atoms with E-state index in [2.05, 4.69) is 124 Å². The number of hydrogen-bond acceptors (Lipinski definition) is 0. The van der Waals surface area contributed by atoms with Crippen LogP contribution in [0.4, 0.5) is 0 Å². The van der Waals surface area contributed by atoms with Gasteiger partial charge in [0.1, 0.15) is 23.2 Å². The smallest absolute Gasteiger partial charge is 0.0620 e. The van der Waals surface area contributed by atoms with Crippen LogP contribution in [-0.4, -0.2) is 0 Å². The van der Waals surface area contributed by atoms with Gasteiger partial charge in [-0.05, 0) is 73.9 Å². The average molecular weight is 396 g/mol. The molecule has 1 heteroatoms. The second-order valence-electron chi connectivity index (χ2n) is 7.84. The highest BCUT2D eigenvalue weighted by molar-refractivity contribution is 7.95. The molecule has 0 saturated heterocycles. The predicted octanol–water partition coefficient (Wildman–Crippen LogP) is 6.11. The highest BCUT2D eigenvalue weighted by Gasteiger charge is 2.45. The van der Waals surface area contributed by atoms with Crippen LogP contribution in [-0.2, 0) is 6.16 Å². The molecule has 0 amide bonds. The fraction of sp³-hybridized carbons (Fsp3) is 0.143. The lowest BCUT2D eigenvalue weighted by Gasteiger charge is -2.28. The van der Waals surface area contributed by atoms with Crippen molar-refractivity contribution in [1.82, 2.24) is 0 Å². The first-order chi connectivity index (χ1) is 14.1. The van der Waals surface area contributed by atoms with Gasteiger partial charge in [-0.3, -0.25) is 0 Å². The molecule has 0 aromatic heterocycles. The Morgan fingerprint density at radius 3 is 1.38 bits per heavy atom. The molecule has 0 radical (unpaired) electrons. The van der Waals surface area contributed by atoms with E-state index in [1.807, 2.05) is 0 Å². The Kier molecular flexibility index (Phi) is 5.65. The largest absolute Gasteiger partial charge is 0.116 e. The molecule has 0 bridgehead atoms. The van der Waals surface area contributed by atoms with Crippen molar-refractivity contribution in [2.75, 3.05) is 0 Å². The maximum atomic E-state index is 2.39. The fourth-order valence-corrected chi connectivity index (χ4v) is 8.64. The first-order valence-electron chi connectivity index (χ1n) is 10.2. The molecule has 4 aromatic carbocycles. The van der Waals surface area contributed by atoms with Crippen molar-refractivity contribution in [3.63, 3.8) is 0 Å². The van der Waals surface area contributed by atoms with Gasteiger partial charge in [-0.25, -0.2) is 0 Å². The summed E-state index contributed by atoms with van der Waals surface area (Å²) >= 11 is 0. The molecule has 4 rings (SSSR count). The molecule has 0 nitrogen and oxygen atoms in total. The molecule has 0 aliphatic rings. The van der Waals surface area contributed by atoms with E-state index in [0.717, 1.165) is 6.16 Å². The summed E-state index contributed by atoms with van der Waals surface area (Å²) in [6.07, 6.45) is 1.04. The van der Waals surface area contributed by atoms with E-state index in [9.17, 15) is 0 Å². The average Bonchev–Trinajstić information content (AvgIpc) is 2.77. The minimum atomic E-state index is -1.84. The zero-order chi connectivity index (χ0) is 20.3. The summed E-state index contributed by atoms with van der Waals surface area (Å²) in [7, 11) is -1.84. The van der Waals surface area contributed by atoms with Crippen molar-refractivity contribution in [3.05, 3.63) is 125 Å². The molecule has 29 heavy (non-hydrogen) atoms. The van der Waals surface area contributed by atoms with Gasteiger partial charge < -0.3 is 0 Å². The van der Waals surface area contributed by atoms with Crippen molar-refractivity contribution in [1.29, 1.82) is 0 Å². The molecular formula is C28H28P+. The molecule has 4 aromatic rings. The maximum Gasteiger partial charge on any atom is 0.116 e. The molecule has 0 atom stereocenters. The highest BCUT2D eigenvalue weighted by atomic mass is 31.2. The van der Waals surface area contributed by atoms with Crippen LogP contribution in [0.5, 0.6) is 0 Å². The van der Waals surface area contributed by atoms with E-state index in [-0.39, 0.29) is 0 Å². The summed E-state index contributed by atoms with van der Waals surface area (Å²) in [5.41, 5.74) is 5.61. The monoisotopic (exact) mass is 395 g/mol. The molecule has 0 aliphatic heterocycles. The van der Waals surface area contributed by atoms with Gasteiger partial charge in [0.2, 0.25) is 0 Å². The molecule has 0 saturated carbocycles. The minimum absolute atomic E-state index is 1.04. The third-order valence-electron chi connectivity index (χ3n) is 5.92. The Morgan fingerprint density at radius 1 is 0.552 bits per heavy atom. The van der Waals surface area contributed by atoms with Crippen LogP contribution in [0, 0.1) is 20.8 Å². The summed E-state index contributed by atoms with van der Waals surface area (Å²) in [6, 6.07) is 38.1. The number of benzene rings is 4. The molecule has 0 unspecified atom stereocenters. The van der Waals surface area contributed by atoms with E-state index in [0.29, 0.717) is 0 Å². The van der Waals surface area contributed by atoms with Crippen molar-refractivity contribution in [3.8, 4) is 0 Å². The molecule has 0 N–H and O–H groups in total. The summed E-state index contributed by atoms with van der Waals surface area (Å²) in [6.45, 7) is 6.73. The maximum absolute atomic E-state index is 2.39. The highest BCUT2D eigenvalue weighted by Crippen LogP contribution is 2.58. The van der Waals surface area contributed by atoms with Crippen molar-refractivity contribution in [2.24, 2.45) is 0 Å². The normalized spacial score (nSPS) is 11.4. The van der Waals surface area contributed by atoms with Gasteiger partial charge in [-0.1, -0.05) is 72.3 Å². The first-order valence-corrected chi connectivity index (χ1v) is 12.2. The van der Waals surface area contributed by atoms with Gasteiger partial charge in [0.05, 0.1) is 6.16 Å². The third-order valence-corrected chi connectivity index (χ3v) is 10.3. The van der Waals surface area contributed by atoms with Crippen molar-refractivity contribution in [2.45, 2.75) is 26.9 Å². The van der Waals surface area contributed by atoms with Crippen LogP contribution in [0.25, 0.3) is 0 Å². The lowest BCUT2D eigenvalue weighted by Crippen LogP contribution is -2.32. The van der Waals surface area contributed by atoms with Crippen molar-refractivity contribution < 1.29 is 0 Å². The van der Waals surface area contributed by atoms with Gasteiger partial charge >= 0.3 is 0 Å². The minimum Gasteiger partial charge on any atom is -0.0620 e. The SMILES string of the molecule is Cc1cc(C)c(C)c(C[P+](c2ccccc2)(c2ccccc2)c2ccccc2)c1. The van der Waals surface area contributed by atoms with Gasteiger partial charge in [0.25, 0.3) is 0 Å². The van der Waals surface area contributed by atoms with E-state index in [4.69, 9.17) is 0 Å². The van der Waals surface area contributed by atoms with Crippen molar-refractivity contribution >= 4 is 23.2 Å². The lowest BCUT2D eigenvalue weighted by molar-refractivity contribution is 1.21. The molecular weight excluding hydrogens is 367 g/mol. The Morgan fingerprint density at radius 2 is 0.966 bits per heavy atom. The van der Waals surface area contributed by atoms with Gasteiger partial charge in [-0.2, -0.15) is 0 Å². The summed E-state index contributed by atoms with van der Waals surface area (Å²) in [5.74, 6) is 0. The summed E-state index contributed by atoms with van der Waals surface area (Å²) in [4.78, 5) is 0. The molecule has 144 valence electrons. The van der Waals surface area contributed by atoms with E-state index < -0.39 is 7.26 Å². The molecule has 0 spiro atoms. The Bertz CT molecular complexity index is 987. The molecule has 0 heterocycles. The van der Waals surface area contributed by atoms with Crippen LogP contribution < -0.4 is 15.9 Å². The lowest BCUT2D eigenvalue weighted by atomic mass is 10.0. The molecule has 0 fully saturated rings. The topological polar surface area (TPSA) is 0 Å². The first kappa shape index (κ1) is 19.6. The Labute approximate surface area is 175 Å². The quantitative estimate of drug-likeness (QED) is 0.358. The summed E-state index contributed by atoms with van der Waals surface area (Å²) in [5, 5.41) is 4.32. The van der Waals surface area contributed by atoms with Gasteiger partial charge in [-0.15, -0.1) is 0 Å². The standard InChI is InChI=1S/C28H28P/c1-22-19-23(2)24(3)25(20-22)21-29(26-13-7-4-8-14-26,27-15-9-5-10-16-27)28-17-11-6-12-18-28/h4-20H,21H2,1-3H3/q+1. The van der Waals surface area contributed by atoms with Crippen LogP contribution >= 0.6 is 7.26 Å². The van der Waals surface area contributed by atoms with E-state index >= 15 is 0 Å². The summed E-state index contributed by atoms with van der Waals surface area (Å²) < 4.78 is 0. The number of aryl methyl sites for hydroxylation is 2. The van der Waals surface area contributed by atoms with Crippen LogP contribution in [0.15, 0.2) is 103 Å². The third kappa shape index (κ3) is 3.78. The van der Waals surface area contributed by atoms with Crippen LogP contribution in [0.1, 0.15) is 22.3 Å². The van der Waals surface area contributed by atoms with Crippen LogP contribution in [0.2, 0.25) is 0 Å². The van der Waals surface area contributed by atoms with Gasteiger partial charge in [0.15, 0.2) is 0 Å². The van der Waals surface area contributed by atoms with E-state index in [1.54, 1.807) is 0 Å². The van der Waals surface area contributed by atoms with Crippen LogP contribution in [0.3, 0.4) is 0 Å². The van der Waals surface area contributed by atoms with E-state index in [1.165, 1.54) is 38.2 Å². The number of hydrogen-bond donors (Lipinski definition) is 0. The predicted molar refractivity (Wildman–Crippen MR) is 130 cm³/mol. The Balaban J connectivity index is 2.04. The zero-order valence-electron chi connectivity index (χ0n) is 17.5. The second kappa shape index (κ2) is 8.36. The Hall–Kier alpha value is -2.69. The molecule has 0 aliphatic carbocycles. The van der Waals surface area contributed by atoms with Gasteiger partial charge in [0, 0.05) is 0 Å².